The first-order valence-corrected chi connectivity index (χ1v) is 6.54. The van der Waals surface area contributed by atoms with Crippen LogP contribution in [0.3, 0.4) is 0 Å². The number of nitrogens with two attached hydrogens (primary N) is 1. The third kappa shape index (κ3) is 4.41. The predicted octanol–water partition coefficient (Wildman–Crippen LogP) is 1.69. The van der Waals surface area contributed by atoms with Gasteiger partial charge in [-0.2, -0.15) is 8.42 Å². The fraction of sp³-hybridized carbons (Fsp3) is 0.455. The first kappa shape index (κ1) is 14.1. The molecule has 1 aromatic carbocycles. The fourth-order valence-corrected chi connectivity index (χ4v) is 1.52. The zero-order valence-electron chi connectivity index (χ0n) is 9.72. The molecule has 2 rings (SSSR count). The van der Waals surface area contributed by atoms with Crippen molar-refractivity contribution < 1.29 is 17.4 Å². The van der Waals surface area contributed by atoms with Crippen molar-refractivity contribution in [2.45, 2.75) is 36.9 Å². The molecule has 1 saturated carbocycles. The van der Waals surface area contributed by atoms with E-state index in [0.29, 0.717) is 6.42 Å². The topological polar surface area (TPSA) is 80.4 Å². The maximum atomic E-state index is 11.8. The van der Waals surface area contributed by atoms with Gasteiger partial charge in [0.15, 0.2) is 0 Å². The van der Waals surface area contributed by atoms with E-state index >= 15 is 0 Å². The first-order chi connectivity index (χ1) is 7.63. The Morgan fingerprint density at radius 2 is 1.76 bits per heavy atom. The molecule has 0 radical (unpaired) electrons. The molecular formula is C11H16FNO3S. The highest BCUT2D eigenvalue weighted by Gasteiger charge is 2.47. The van der Waals surface area contributed by atoms with E-state index in [9.17, 15) is 12.8 Å². The Kier molecular flexibility index (Phi) is 3.91. The number of aryl methyl sites for hydroxylation is 1. The van der Waals surface area contributed by atoms with Crippen LogP contribution in [-0.4, -0.2) is 24.7 Å². The number of hydrogen-bond acceptors (Lipinski definition) is 3. The normalized spacial score (nSPS) is 27.0. The Morgan fingerprint density at radius 3 is 2.00 bits per heavy atom. The Hall–Kier alpha value is -0.980. The van der Waals surface area contributed by atoms with E-state index in [0.717, 1.165) is 5.56 Å². The standard InChI is InChI=1S/C7H8O3S.C4H8FN/c1-6-2-4-7(5-3-6)11(8,9)10;1-4(6)2-3(4)5/h2-5H,1H3,(H,8,9,10);3H,2,6H2,1H3. The summed E-state index contributed by atoms with van der Waals surface area (Å²) in [6.45, 7) is 3.56. The Bertz CT molecular complexity index is 482. The molecule has 4 nitrogen and oxygen atoms in total. The minimum Gasteiger partial charge on any atom is -0.323 e. The van der Waals surface area contributed by atoms with Gasteiger partial charge in [0.25, 0.3) is 10.1 Å². The Labute approximate surface area is 100 Å². The van der Waals surface area contributed by atoms with E-state index in [2.05, 4.69) is 0 Å². The van der Waals surface area contributed by atoms with Crippen molar-refractivity contribution in [3.63, 3.8) is 0 Å². The molecule has 1 aliphatic rings. The van der Waals surface area contributed by atoms with Crippen LogP contribution in [0.1, 0.15) is 18.9 Å². The second-order valence-electron chi connectivity index (χ2n) is 4.47. The Morgan fingerprint density at radius 1 is 1.41 bits per heavy atom. The van der Waals surface area contributed by atoms with E-state index in [1.165, 1.54) is 12.1 Å². The number of benzene rings is 1. The quantitative estimate of drug-likeness (QED) is 0.754. The lowest BCUT2D eigenvalue weighted by atomic mass is 10.2. The summed E-state index contributed by atoms with van der Waals surface area (Å²) >= 11 is 0. The van der Waals surface area contributed by atoms with Gasteiger partial charge in [-0.15, -0.1) is 0 Å². The van der Waals surface area contributed by atoms with Crippen LogP contribution < -0.4 is 5.73 Å². The van der Waals surface area contributed by atoms with Crippen molar-refractivity contribution >= 4 is 10.1 Å². The van der Waals surface area contributed by atoms with Gasteiger partial charge in [0.1, 0.15) is 6.17 Å². The molecule has 0 bridgehead atoms. The number of rotatable bonds is 1. The van der Waals surface area contributed by atoms with Crippen molar-refractivity contribution in [3.05, 3.63) is 29.8 Å². The molecule has 17 heavy (non-hydrogen) atoms. The summed E-state index contributed by atoms with van der Waals surface area (Å²) in [6, 6.07) is 5.99. The summed E-state index contributed by atoms with van der Waals surface area (Å²) < 4.78 is 41.3. The molecule has 0 amide bonds. The van der Waals surface area contributed by atoms with Crippen molar-refractivity contribution in [2.24, 2.45) is 5.73 Å². The average molecular weight is 261 g/mol. The van der Waals surface area contributed by atoms with Gasteiger partial charge >= 0.3 is 0 Å². The molecule has 2 unspecified atom stereocenters. The van der Waals surface area contributed by atoms with Gasteiger partial charge in [0.05, 0.1) is 4.90 Å². The predicted molar refractivity (Wildman–Crippen MR) is 63.1 cm³/mol. The van der Waals surface area contributed by atoms with Crippen molar-refractivity contribution in [1.82, 2.24) is 0 Å². The molecule has 3 N–H and O–H groups in total. The second kappa shape index (κ2) is 4.72. The molecular weight excluding hydrogens is 245 g/mol. The van der Waals surface area contributed by atoms with Gasteiger partial charge in [0, 0.05) is 12.0 Å². The van der Waals surface area contributed by atoms with E-state index in [-0.39, 0.29) is 4.90 Å². The fourth-order valence-electron chi connectivity index (χ4n) is 1.04. The maximum Gasteiger partial charge on any atom is 0.294 e. The highest BCUT2D eigenvalue weighted by Crippen LogP contribution is 2.35. The second-order valence-corrected chi connectivity index (χ2v) is 5.89. The molecule has 1 aromatic rings. The molecule has 0 aliphatic heterocycles. The largest absolute Gasteiger partial charge is 0.323 e. The molecule has 1 fully saturated rings. The summed E-state index contributed by atoms with van der Waals surface area (Å²) in [4.78, 5) is -0.0666. The van der Waals surface area contributed by atoms with Gasteiger partial charge in [0.2, 0.25) is 0 Å². The summed E-state index contributed by atoms with van der Waals surface area (Å²) in [7, 11) is -4.02. The zero-order chi connectivity index (χ0) is 13.3. The third-order valence-corrected chi connectivity index (χ3v) is 3.36. The first-order valence-electron chi connectivity index (χ1n) is 5.10. The van der Waals surface area contributed by atoms with E-state index in [4.69, 9.17) is 10.3 Å². The summed E-state index contributed by atoms with van der Waals surface area (Å²) in [6.07, 6.45) is -0.176. The monoisotopic (exact) mass is 261 g/mol. The van der Waals surface area contributed by atoms with Crippen molar-refractivity contribution in [3.8, 4) is 0 Å². The van der Waals surface area contributed by atoms with Crippen molar-refractivity contribution in [2.75, 3.05) is 0 Å². The molecule has 96 valence electrons. The van der Waals surface area contributed by atoms with Crippen LogP contribution in [0.15, 0.2) is 29.2 Å². The van der Waals surface area contributed by atoms with E-state index < -0.39 is 21.8 Å². The van der Waals surface area contributed by atoms with E-state index in [1.54, 1.807) is 19.1 Å². The highest BCUT2D eigenvalue weighted by atomic mass is 32.2. The molecule has 2 atom stereocenters. The average Bonchev–Trinajstić information content (AvgIpc) is 2.71. The number of alkyl halides is 1. The van der Waals surface area contributed by atoms with Crippen molar-refractivity contribution in [1.29, 1.82) is 0 Å². The van der Waals surface area contributed by atoms with Crippen LogP contribution in [0.25, 0.3) is 0 Å². The number of hydrogen-bond donors (Lipinski definition) is 2. The van der Waals surface area contributed by atoms with E-state index in [1.807, 2.05) is 6.92 Å². The molecule has 0 spiro atoms. The van der Waals surface area contributed by atoms with Gasteiger partial charge in [-0.05, 0) is 26.0 Å². The van der Waals surface area contributed by atoms with Crippen LogP contribution in [-0.2, 0) is 10.1 Å². The lowest BCUT2D eigenvalue weighted by molar-refractivity contribution is 0.432. The summed E-state index contributed by atoms with van der Waals surface area (Å²) in [5.74, 6) is 0. The number of halogens is 1. The van der Waals surface area contributed by atoms with Crippen LogP contribution >= 0.6 is 0 Å². The SMILES string of the molecule is CC1(N)CC1F.Cc1ccc(S(=O)(=O)O)cc1. The smallest absolute Gasteiger partial charge is 0.294 e. The van der Waals surface area contributed by atoms with Gasteiger partial charge < -0.3 is 5.73 Å². The third-order valence-electron chi connectivity index (χ3n) is 2.49. The molecule has 0 heterocycles. The molecule has 6 heteroatoms. The lowest BCUT2D eigenvalue weighted by Crippen LogP contribution is -2.19. The molecule has 0 saturated heterocycles. The minimum atomic E-state index is -4.02. The van der Waals surface area contributed by atoms with Crippen LogP contribution in [0.4, 0.5) is 4.39 Å². The highest BCUT2D eigenvalue weighted by molar-refractivity contribution is 7.85. The van der Waals surface area contributed by atoms with Crippen LogP contribution in [0.5, 0.6) is 0 Å². The minimum absolute atomic E-state index is 0.0666. The van der Waals surface area contributed by atoms with Gasteiger partial charge in [-0.1, -0.05) is 17.7 Å². The lowest BCUT2D eigenvalue weighted by Gasteiger charge is -1.95. The summed E-state index contributed by atoms with van der Waals surface area (Å²) in [5, 5.41) is 0. The molecule has 0 aromatic heterocycles. The molecule has 1 aliphatic carbocycles. The maximum absolute atomic E-state index is 11.8. The zero-order valence-corrected chi connectivity index (χ0v) is 10.5. The Balaban J connectivity index is 0.000000202. The van der Waals surface area contributed by atoms with Crippen LogP contribution in [0.2, 0.25) is 0 Å². The van der Waals surface area contributed by atoms with Crippen LogP contribution in [0, 0.1) is 6.92 Å². The van der Waals surface area contributed by atoms with Gasteiger partial charge in [-0.25, -0.2) is 4.39 Å². The van der Waals surface area contributed by atoms with Gasteiger partial charge in [-0.3, -0.25) is 4.55 Å². The summed E-state index contributed by atoms with van der Waals surface area (Å²) in [5.41, 5.74) is 5.73.